The first-order valence-electron chi connectivity index (χ1n) is 3.46. The summed E-state index contributed by atoms with van der Waals surface area (Å²) in [4.78, 5) is 3.93. The molecule has 1 saturated heterocycles. The summed E-state index contributed by atoms with van der Waals surface area (Å²) in [5.74, 6) is 0. The Hall–Kier alpha value is -0.775. The minimum absolute atomic E-state index is 0.438. The van der Waals surface area contributed by atoms with Crippen LogP contribution in [-0.2, 0) is 13.7 Å². The molecule has 1 fully saturated rings. The molecular weight excluding hydrogens is 154 g/mol. The van der Waals surface area contributed by atoms with E-state index >= 15 is 0 Å². The van der Waals surface area contributed by atoms with Crippen LogP contribution in [0.2, 0.25) is 0 Å². The highest BCUT2D eigenvalue weighted by atomic mass is 16.7. The third-order valence-corrected chi connectivity index (χ3v) is 1.43. The van der Waals surface area contributed by atoms with Crippen LogP contribution in [0.15, 0.2) is 24.5 Å². The number of pyridine rings is 1. The van der Waals surface area contributed by atoms with Crippen molar-refractivity contribution in [3.8, 4) is 0 Å². The molecule has 56 valence electrons. The van der Waals surface area contributed by atoms with E-state index in [0.29, 0.717) is 0 Å². The molecule has 2 heterocycles. The minimum Gasteiger partial charge on any atom is -0.457 e. The number of rotatable bonds is 1. The van der Waals surface area contributed by atoms with Crippen molar-refractivity contribution in [3.63, 3.8) is 0 Å². The van der Waals surface area contributed by atoms with Crippen LogP contribution in [0.3, 0.4) is 0 Å². The quantitative estimate of drug-likeness (QED) is 0.487. The molecule has 7 heteroatoms. The van der Waals surface area contributed by atoms with Gasteiger partial charge in [0.25, 0.3) is 0 Å². The molecule has 0 saturated carbocycles. The van der Waals surface area contributed by atoms with Crippen molar-refractivity contribution >= 4 is 28.0 Å². The zero-order valence-corrected chi connectivity index (χ0v) is 6.21. The molecule has 0 aromatic carbocycles. The number of hydrogen-bond acceptors (Lipinski definition) is 4. The molecule has 1 aliphatic rings. The molecule has 1 aromatic rings. The van der Waals surface area contributed by atoms with Crippen molar-refractivity contribution in [2.24, 2.45) is 0 Å². The van der Waals surface area contributed by atoms with Crippen molar-refractivity contribution in [1.82, 2.24) is 4.98 Å². The monoisotopic (exact) mass is 159 g/mol. The van der Waals surface area contributed by atoms with Crippen molar-refractivity contribution < 1.29 is 13.7 Å². The van der Waals surface area contributed by atoms with E-state index in [1.165, 1.54) is 15.4 Å². The smallest absolute Gasteiger partial charge is 0.457 e. The van der Waals surface area contributed by atoms with E-state index in [0.717, 1.165) is 5.46 Å². The SMILES string of the molecule is [B]1O[B]OB(c2cccnc2)O1. The molecule has 4 nitrogen and oxygen atoms in total. The summed E-state index contributed by atoms with van der Waals surface area (Å²) in [5.41, 5.74) is 0.855. The lowest BCUT2D eigenvalue weighted by Crippen LogP contribution is -2.44. The molecule has 0 atom stereocenters. The summed E-state index contributed by atoms with van der Waals surface area (Å²) in [7, 11) is 2.01. The zero-order chi connectivity index (χ0) is 8.23. The largest absolute Gasteiger partial charge is 0.467 e. The molecule has 0 unspecified atom stereocenters. The third kappa shape index (κ3) is 1.69. The van der Waals surface area contributed by atoms with Crippen LogP contribution in [0.5, 0.6) is 0 Å². The number of aromatic nitrogens is 1. The predicted octanol–water partition coefficient (Wildman–Crippen LogP) is -1.09. The second-order valence-corrected chi connectivity index (χ2v) is 2.22. The standard InChI is InChI=1S/C5H4B3NO3/c1-2-5(4-9-3-1)8-11-6-10-7-12-8/h1-4H. The molecule has 2 rings (SSSR count). The van der Waals surface area contributed by atoms with Gasteiger partial charge < -0.3 is 13.7 Å². The predicted molar refractivity (Wildman–Crippen MR) is 44.4 cm³/mol. The average molecular weight is 159 g/mol. The second-order valence-electron chi connectivity index (χ2n) is 2.22. The maximum absolute atomic E-state index is 5.02. The van der Waals surface area contributed by atoms with Gasteiger partial charge in [-0.05, 0) is 11.5 Å². The fourth-order valence-electron chi connectivity index (χ4n) is 0.892. The Morgan fingerprint density at radius 2 is 2.17 bits per heavy atom. The lowest BCUT2D eigenvalue weighted by Gasteiger charge is -2.17. The maximum atomic E-state index is 5.02. The van der Waals surface area contributed by atoms with Crippen LogP contribution in [-0.4, -0.2) is 27.5 Å². The Kier molecular flexibility index (Phi) is 2.46. The van der Waals surface area contributed by atoms with E-state index < -0.39 is 7.12 Å². The Labute approximate surface area is 72.0 Å². The topological polar surface area (TPSA) is 40.6 Å². The minimum atomic E-state index is -0.438. The van der Waals surface area contributed by atoms with E-state index in [4.69, 9.17) is 9.14 Å². The number of hydrogen-bond donors (Lipinski definition) is 0. The van der Waals surface area contributed by atoms with Gasteiger partial charge in [0.1, 0.15) is 0 Å². The normalized spacial score (nSPS) is 16.5. The van der Waals surface area contributed by atoms with Gasteiger partial charge in [0.15, 0.2) is 0 Å². The van der Waals surface area contributed by atoms with E-state index in [1.54, 1.807) is 12.4 Å². The molecule has 0 aliphatic carbocycles. The molecule has 1 aliphatic heterocycles. The summed E-state index contributed by atoms with van der Waals surface area (Å²) in [5, 5.41) is 0. The van der Waals surface area contributed by atoms with E-state index in [9.17, 15) is 0 Å². The average Bonchev–Trinajstić information content (AvgIpc) is 2.21. The van der Waals surface area contributed by atoms with Crippen molar-refractivity contribution in [2.75, 3.05) is 0 Å². The second kappa shape index (κ2) is 3.75. The fraction of sp³-hybridized carbons (Fsp3) is 0. The molecule has 0 N–H and O–H groups in total. The summed E-state index contributed by atoms with van der Waals surface area (Å²) in [6, 6.07) is 3.68. The molecule has 0 bridgehead atoms. The van der Waals surface area contributed by atoms with Crippen LogP contribution < -0.4 is 5.46 Å². The maximum Gasteiger partial charge on any atom is 0.467 e. The Morgan fingerprint density at radius 1 is 1.33 bits per heavy atom. The van der Waals surface area contributed by atoms with Crippen LogP contribution in [0.4, 0.5) is 0 Å². The Balaban J connectivity index is 2.08. The Bertz CT molecular complexity index is 241. The van der Waals surface area contributed by atoms with E-state index in [2.05, 4.69) is 9.56 Å². The summed E-state index contributed by atoms with van der Waals surface area (Å²) in [6.45, 7) is 0. The van der Waals surface area contributed by atoms with Gasteiger partial charge in [-0.1, -0.05) is 6.07 Å². The van der Waals surface area contributed by atoms with E-state index in [-0.39, 0.29) is 0 Å². The van der Waals surface area contributed by atoms with Crippen LogP contribution >= 0.6 is 0 Å². The van der Waals surface area contributed by atoms with Crippen molar-refractivity contribution in [2.45, 2.75) is 0 Å². The molecule has 2 radical (unpaired) electrons. The van der Waals surface area contributed by atoms with Gasteiger partial charge in [-0.25, -0.2) is 0 Å². The third-order valence-electron chi connectivity index (χ3n) is 1.43. The summed E-state index contributed by atoms with van der Waals surface area (Å²) in [6.07, 6.45) is 3.37. The van der Waals surface area contributed by atoms with Gasteiger partial charge >= 0.3 is 22.5 Å². The van der Waals surface area contributed by atoms with Gasteiger partial charge in [0, 0.05) is 12.4 Å². The zero-order valence-electron chi connectivity index (χ0n) is 6.21. The highest BCUT2D eigenvalue weighted by molar-refractivity contribution is 6.71. The molecular formula is C5H4B3NO3. The first kappa shape index (κ1) is 7.85. The lowest BCUT2D eigenvalue weighted by molar-refractivity contribution is 0.333. The number of nitrogens with zero attached hydrogens (tertiary/aromatic N) is 1. The molecule has 1 aromatic heterocycles. The van der Waals surface area contributed by atoms with Crippen molar-refractivity contribution in [3.05, 3.63) is 24.5 Å². The Morgan fingerprint density at radius 3 is 2.83 bits per heavy atom. The van der Waals surface area contributed by atoms with Gasteiger partial charge in [-0.2, -0.15) is 0 Å². The summed E-state index contributed by atoms with van der Waals surface area (Å²) < 4.78 is 14.7. The van der Waals surface area contributed by atoms with Crippen molar-refractivity contribution in [1.29, 1.82) is 0 Å². The lowest BCUT2D eigenvalue weighted by atomic mass is 9.76. The van der Waals surface area contributed by atoms with Gasteiger partial charge in [-0.15, -0.1) is 0 Å². The van der Waals surface area contributed by atoms with Gasteiger partial charge in [0.2, 0.25) is 0 Å². The van der Waals surface area contributed by atoms with Gasteiger partial charge in [-0.3, -0.25) is 4.98 Å². The molecule has 0 spiro atoms. The highest BCUT2D eigenvalue weighted by Crippen LogP contribution is 1.94. The van der Waals surface area contributed by atoms with Crippen LogP contribution in [0.25, 0.3) is 0 Å². The first-order valence-corrected chi connectivity index (χ1v) is 3.46. The van der Waals surface area contributed by atoms with Crippen LogP contribution in [0.1, 0.15) is 0 Å². The molecule has 12 heavy (non-hydrogen) atoms. The van der Waals surface area contributed by atoms with Gasteiger partial charge in [0.05, 0.1) is 0 Å². The highest BCUT2D eigenvalue weighted by Gasteiger charge is 2.26. The fourth-order valence-corrected chi connectivity index (χ4v) is 0.892. The molecule has 0 amide bonds. The summed E-state index contributed by atoms with van der Waals surface area (Å²) >= 11 is 0. The van der Waals surface area contributed by atoms with Crippen LogP contribution in [0, 0.1) is 0 Å². The van der Waals surface area contributed by atoms with E-state index in [1.807, 2.05) is 12.1 Å². The first-order chi connectivity index (χ1) is 5.97.